The van der Waals surface area contributed by atoms with E-state index in [1.807, 2.05) is 48.2 Å². The van der Waals surface area contributed by atoms with Gasteiger partial charge in [0.15, 0.2) is 0 Å². The summed E-state index contributed by atoms with van der Waals surface area (Å²) in [5, 5.41) is 5.61. The van der Waals surface area contributed by atoms with E-state index in [1.54, 1.807) is 12.1 Å². The molecule has 1 saturated heterocycles. The number of aryl methyl sites for hydroxylation is 1. The summed E-state index contributed by atoms with van der Waals surface area (Å²) in [6.45, 7) is 5.94. The van der Waals surface area contributed by atoms with Gasteiger partial charge in [0.05, 0.1) is 0 Å². The largest absolute Gasteiger partial charge is 0.338 e. The van der Waals surface area contributed by atoms with Gasteiger partial charge in [0.1, 0.15) is 0 Å². The van der Waals surface area contributed by atoms with Gasteiger partial charge >= 0.3 is 6.03 Å². The Labute approximate surface area is 171 Å². The third kappa shape index (κ3) is 5.03. The smallest absolute Gasteiger partial charge is 0.323 e. The number of para-hydroxylation sites is 1. The van der Waals surface area contributed by atoms with E-state index in [4.69, 9.17) is 5.73 Å². The second kappa shape index (κ2) is 9.08. The van der Waals surface area contributed by atoms with Gasteiger partial charge in [0.2, 0.25) is 0 Å². The summed E-state index contributed by atoms with van der Waals surface area (Å²) in [6, 6.07) is 14.3. The topological polar surface area (TPSA) is 87.5 Å². The summed E-state index contributed by atoms with van der Waals surface area (Å²) < 4.78 is 0. The monoisotopic (exact) mass is 402 g/mol. The molecule has 0 saturated carbocycles. The first-order valence-electron chi connectivity index (χ1n) is 9.13. The fraction of sp³-hybridized carbons (Fsp3) is 0.333. The second-order valence-electron chi connectivity index (χ2n) is 7.47. The Balaban J connectivity index is 0.00000280. The normalized spacial score (nSPS) is 18.3. The highest BCUT2D eigenvalue weighted by atomic mass is 35.5. The number of anilines is 2. The maximum atomic E-state index is 12.8. The number of carbonyl (C=O) groups excluding carboxylic acids is 2. The molecule has 0 radical (unpaired) electrons. The number of hydrogen-bond acceptors (Lipinski definition) is 3. The molecule has 3 rings (SSSR count). The molecule has 0 spiro atoms. The molecule has 6 nitrogen and oxygen atoms in total. The van der Waals surface area contributed by atoms with Crippen LogP contribution in [0.25, 0.3) is 0 Å². The van der Waals surface area contributed by atoms with E-state index in [-0.39, 0.29) is 29.8 Å². The standard InChI is InChI=1S/C21H26N4O2.ClH/c1-15-8-9-16(19(26)25-11-10-21(2,13-22)14-25)12-18(15)24-20(27)23-17-6-4-3-5-7-17;/h3-9,12H,10-11,13-14,22H2,1-2H3,(H2,23,24,27);1H. The highest BCUT2D eigenvalue weighted by Crippen LogP contribution is 2.30. The van der Waals surface area contributed by atoms with Crippen LogP contribution in [0.15, 0.2) is 48.5 Å². The van der Waals surface area contributed by atoms with Crippen LogP contribution in [-0.2, 0) is 0 Å². The lowest BCUT2D eigenvalue weighted by molar-refractivity contribution is 0.0777. The predicted octanol–water partition coefficient (Wildman–Crippen LogP) is 3.87. The average Bonchev–Trinajstić information content (AvgIpc) is 3.07. The molecule has 1 fully saturated rings. The summed E-state index contributed by atoms with van der Waals surface area (Å²) in [5.74, 6) is -0.0290. The zero-order valence-corrected chi connectivity index (χ0v) is 17.0. The minimum atomic E-state index is -0.342. The second-order valence-corrected chi connectivity index (χ2v) is 7.47. The van der Waals surface area contributed by atoms with Crippen LogP contribution < -0.4 is 16.4 Å². The van der Waals surface area contributed by atoms with E-state index in [2.05, 4.69) is 17.6 Å². The van der Waals surface area contributed by atoms with Crippen molar-refractivity contribution in [2.45, 2.75) is 20.3 Å². The summed E-state index contributed by atoms with van der Waals surface area (Å²) in [6.07, 6.45) is 0.908. The molecule has 150 valence electrons. The minimum absolute atomic E-state index is 0. The molecule has 1 aliphatic rings. The Morgan fingerprint density at radius 1 is 1.14 bits per heavy atom. The van der Waals surface area contributed by atoms with Gasteiger partial charge in [0, 0.05) is 30.0 Å². The van der Waals surface area contributed by atoms with E-state index < -0.39 is 0 Å². The third-order valence-electron chi connectivity index (χ3n) is 5.10. The van der Waals surface area contributed by atoms with Crippen LogP contribution in [-0.4, -0.2) is 36.5 Å². The first-order valence-corrected chi connectivity index (χ1v) is 9.13. The molecule has 2 aromatic rings. The van der Waals surface area contributed by atoms with Gasteiger partial charge in [-0.3, -0.25) is 4.79 Å². The molecule has 3 amide bonds. The minimum Gasteiger partial charge on any atom is -0.338 e. The molecule has 1 unspecified atom stereocenters. The Hall–Kier alpha value is -2.57. The van der Waals surface area contributed by atoms with E-state index in [9.17, 15) is 9.59 Å². The van der Waals surface area contributed by atoms with Crippen LogP contribution >= 0.6 is 12.4 Å². The molecular weight excluding hydrogens is 376 g/mol. The van der Waals surface area contributed by atoms with Crippen molar-refractivity contribution in [2.24, 2.45) is 11.1 Å². The molecule has 7 heteroatoms. The number of nitrogens with zero attached hydrogens (tertiary/aromatic N) is 1. The summed E-state index contributed by atoms with van der Waals surface area (Å²) in [5.41, 5.74) is 8.61. The fourth-order valence-corrected chi connectivity index (χ4v) is 3.24. The van der Waals surface area contributed by atoms with Gasteiger partial charge < -0.3 is 21.3 Å². The highest BCUT2D eigenvalue weighted by molar-refractivity contribution is 6.02. The van der Waals surface area contributed by atoms with Crippen molar-refractivity contribution in [1.82, 2.24) is 4.90 Å². The van der Waals surface area contributed by atoms with Crippen molar-refractivity contribution in [3.05, 3.63) is 59.7 Å². The fourth-order valence-electron chi connectivity index (χ4n) is 3.24. The number of nitrogens with two attached hydrogens (primary N) is 1. The van der Waals surface area contributed by atoms with Crippen LogP contribution in [0.5, 0.6) is 0 Å². The maximum absolute atomic E-state index is 12.8. The number of urea groups is 1. The SMILES string of the molecule is Cc1ccc(C(=O)N2CCC(C)(CN)C2)cc1NC(=O)Nc1ccccc1.Cl. The number of amides is 3. The molecule has 1 aliphatic heterocycles. The van der Waals surface area contributed by atoms with Crippen LogP contribution in [0.2, 0.25) is 0 Å². The first-order chi connectivity index (χ1) is 12.9. The van der Waals surface area contributed by atoms with Crippen molar-refractivity contribution in [3.8, 4) is 0 Å². The van der Waals surface area contributed by atoms with E-state index in [1.165, 1.54) is 0 Å². The van der Waals surface area contributed by atoms with Gasteiger partial charge in [-0.2, -0.15) is 0 Å². The van der Waals surface area contributed by atoms with Gasteiger partial charge in [-0.1, -0.05) is 31.2 Å². The maximum Gasteiger partial charge on any atom is 0.323 e. The number of hydrogen-bond donors (Lipinski definition) is 3. The molecule has 1 atom stereocenters. The molecule has 2 aromatic carbocycles. The Bertz CT molecular complexity index is 844. The van der Waals surface area contributed by atoms with Crippen molar-refractivity contribution >= 4 is 35.7 Å². The van der Waals surface area contributed by atoms with E-state index in [0.717, 1.165) is 12.0 Å². The number of rotatable bonds is 4. The summed E-state index contributed by atoms with van der Waals surface area (Å²) >= 11 is 0. The van der Waals surface area contributed by atoms with Crippen LogP contribution in [0.3, 0.4) is 0 Å². The highest BCUT2D eigenvalue weighted by Gasteiger charge is 2.35. The van der Waals surface area contributed by atoms with Crippen molar-refractivity contribution in [3.63, 3.8) is 0 Å². The molecule has 4 N–H and O–H groups in total. The third-order valence-corrected chi connectivity index (χ3v) is 5.10. The Morgan fingerprint density at radius 2 is 1.86 bits per heavy atom. The molecular formula is C21H27ClN4O2. The quantitative estimate of drug-likeness (QED) is 0.725. The van der Waals surface area contributed by atoms with Gasteiger partial charge in [-0.15, -0.1) is 12.4 Å². The van der Waals surface area contributed by atoms with Gasteiger partial charge in [-0.05, 0) is 55.1 Å². The number of benzene rings is 2. The molecule has 0 aromatic heterocycles. The summed E-state index contributed by atoms with van der Waals surface area (Å²) in [4.78, 5) is 27.0. The van der Waals surface area contributed by atoms with Crippen LogP contribution in [0, 0.1) is 12.3 Å². The lowest BCUT2D eigenvalue weighted by atomic mass is 9.90. The van der Waals surface area contributed by atoms with Crippen LogP contribution in [0.1, 0.15) is 29.3 Å². The Kier molecular flexibility index (Phi) is 7.05. The number of carbonyl (C=O) groups is 2. The molecule has 28 heavy (non-hydrogen) atoms. The van der Waals surface area contributed by atoms with E-state index >= 15 is 0 Å². The average molecular weight is 403 g/mol. The molecule has 0 bridgehead atoms. The zero-order valence-electron chi connectivity index (χ0n) is 16.2. The van der Waals surface area contributed by atoms with Crippen molar-refractivity contribution in [1.29, 1.82) is 0 Å². The lowest BCUT2D eigenvalue weighted by Crippen LogP contribution is -2.34. The Morgan fingerprint density at radius 3 is 2.50 bits per heavy atom. The van der Waals surface area contributed by atoms with Crippen molar-refractivity contribution < 1.29 is 9.59 Å². The van der Waals surface area contributed by atoms with Crippen molar-refractivity contribution in [2.75, 3.05) is 30.3 Å². The number of nitrogens with one attached hydrogen (secondary N) is 2. The number of likely N-dealkylation sites (tertiary alicyclic amines) is 1. The predicted molar refractivity (Wildman–Crippen MR) is 115 cm³/mol. The van der Waals surface area contributed by atoms with Gasteiger partial charge in [0.25, 0.3) is 5.91 Å². The zero-order chi connectivity index (χ0) is 19.4. The van der Waals surface area contributed by atoms with E-state index in [0.29, 0.717) is 36.6 Å². The molecule has 1 heterocycles. The number of halogens is 1. The lowest BCUT2D eigenvalue weighted by Gasteiger charge is -2.23. The summed E-state index contributed by atoms with van der Waals surface area (Å²) in [7, 11) is 0. The van der Waals surface area contributed by atoms with Gasteiger partial charge in [-0.25, -0.2) is 4.79 Å². The van der Waals surface area contributed by atoms with Crippen LogP contribution in [0.4, 0.5) is 16.2 Å². The molecule has 0 aliphatic carbocycles. The first kappa shape index (κ1) is 21.7.